The maximum absolute atomic E-state index is 4.24. The molecule has 1 saturated heterocycles. The molecule has 1 aliphatic rings. The van der Waals surface area contributed by atoms with Crippen LogP contribution in [0.25, 0.3) is 0 Å². The smallest absolute Gasteiger partial charge is 0.0220 e. The fraction of sp³-hybridized carbons (Fsp3) is 1.00. The van der Waals surface area contributed by atoms with Crippen molar-refractivity contribution in [2.75, 3.05) is 39.5 Å². The molecule has 3 heteroatoms. The molecule has 0 saturated carbocycles. The highest BCUT2D eigenvalue weighted by molar-refractivity contribution is 7.80. The molecule has 1 rings (SSSR count). The van der Waals surface area contributed by atoms with Crippen molar-refractivity contribution >= 4 is 12.6 Å². The van der Waals surface area contributed by atoms with E-state index >= 15 is 0 Å². The normalized spacial score (nSPS) is 25.4. The lowest BCUT2D eigenvalue weighted by Gasteiger charge is -2.35. The van der Waals surface area contributed by atoms with Crippen LogP contribution in [0.4, 0.5) is 0 Å². The van der Waals surface area contributed by atoms with Gasteiger partial charge in [-0.3, -0.25) is 0 Å². The summed E-state index contributed by atoms with van der Waals surface area (Å²) in [6, 6.07) is 0.777. The zero-order valence-electron chi connectivity index (χ0n) is 8.87. The first-order valence-corrected chi connectivity index (χ1v) is 5.87. The standard InChI is InChI=1S/C10H22N2S/c1-11-6-3-5-10(9-11)12(2)7-4-8-13/h10,13H,3-9H2,1-2H3. The lowest BCUT2D eigenvalue weighted by molar-refractivity contribution is 0.135. The van der Waals surface area contributed by atoms with Gasteiger partial charge in [0.15, 0.2) is 0 Å². The molecule has 0 aliphatic carbocycles. The lowest BCUT2D eigenvalue weighted by Crippen LogP contribution is -2.45. The third-order valence-electron chi connectivity index (χ3n) is 2.89. The zero-order chi connectivity index (χ0) is 9.68. The van der Waals surface area contributed by atoms with Gasteiger partial charge in [-0.05, 0) is 52.2 Å². The number of thiol groups is 1. The second kappa shape index (κ2) is 5.89. The Morgan fingerprint density at radius 1 is 1.54 bits per heavy atom. The number of rotatable bonds is 4. The SMILES string of the molecule is CN1CCCC(N(C)CCCS)C1. The highest BCUT2D eigenvalue weighted by atomic mass is 32.1. The topological polar surface area (TPSA) is 6.48 Å². The van der Waals surface area contributed by atoms with E-state index in [0.717, 1.165) is 11.8 Å². The van der Waals surface area contributed by atoms with Crippen molar-refractivity contribution in [3.63, 3.8) is 0 Å². The summed E-state index contributed by atoms with van der Waals surface area (Å²) in [6.07, 6.45) is 3.93. The number of likely N-dealkylation sites (N-methyl/N-ethyl adjacent to an activating group) is 2. The number of hydrogen-bond donors (Lipinski definition) is 1. The summed E-state index contributed by atoms with van der Waals surface area (Å²) in [7, 11) is 4.46. The third-order valence-corrected chi connectivity index (χ3v) is 3.21. The van der Waals surface area contributed by atoms with Crippen molar-refractivity contribution in [2.24, 2.45) is 0 Å². The predicted molar refractivity (Wildman–Crippen MR) is 61.6 cm³/mol. The van der Waals surface area contributed by atoms with E-state index in [9.17, 15) is 0 Å². The van der Waals surface area contributed by atoms with Crippen LogP contribution in [0.3, 0.4) is 0 Å². The van der Waals surface area contributed by atoms with Crippen LogP contribution in [0.5, 0.6) is 0 Å². The van der Waals surface area contributed by atoms with Gasteiger partial charge in [0, 0.05) is 12.6 Å². The highest BCUT2D eigenvalue weighted by Crippen LogP contribution is 2.13. The number of nitrogens with zero attached hydrogens (tertiary/aromatic N) is 2. The summed E-state index contributed by atoms with van der Waals surface area (Å²) in [5, 5.41) is 0. The van der Waals surface area contributed by atoms with Crippen molar-refractivity contribution < 1.29 is 0 Å². The number of likely N-dealkylation sites (tertiary alicyclic amines) is 1. The maximum atomic E-state index is 4.24. The molecule has 0 amide bonds. The predicted octanol–water partition coefficient (Wildman–Crippen LogP) is 1.33. The van der Waals surface area contributed by atoms with Gasteiger partial charge in [0.2, 0.25) is 0 Å². The molecule has 1 heterocycles. The van der Waals surface area contributed by atoms with Crippen LogP contribution in [0.2, 0.25) is 0 Å². The van der Waals surface area contributed by atoms with E-state index < -0.39 is 0 Å². The summed E-state index contributed by atoms with van der Waals surface area (Å²) in [5.41, 5.74) is 0. The van der Waals surface area contributed by atoms with Gasteiger partial charge in [-0.25, -0.2) is 0 Å². The molecule has 13 heavy (non-hydrogen) atoms. The van der Waals surface area contributed by atoms with Crippen LogP contribution in [0.15, 0.2) is 0 Å². The molecule has 0 aromatic heterocycles. The van der Waals surface area contributed by atoms with Crippen LogP contribution in [0.1, 0.15) is 19.3 Å². The minimum absolute atomic E-state index is 0.777. The van der Waals surface area contributed by atoms with Gasteiger partial charge in [-0.1, -0.05) is 0 Å². The van der Waals surface area contributed by atoms with Gasteiger partial charge < -0.3 is 9.80 Å². The molecule has 78 valence electrons. The Balaban J connectivity index is 2.24. The summed E-state index contributed by atoms with van der Waals surface area (Å²) in [6.45, 7) is 3.71. The molecule has 1 fully saturated rings. The molecule has 2 nitrogen and oxygen atoms in total. The van der Waals surface area contributed by atoms with Gasteiger partial charge in [0.25, 0.3) is 0 Å². The second-order valence-electron chi connectivity index (χ2n) is 4.12. The fourth-order valence-electron chi connectivity index (χ4n) is 2.00. The molecule has 0 aromatic carbocycles. The Labute approximate surface area is 87.7 Å². The summed E-state index contributed by atoms with van der Waals surface area (Å²) in [5.74, 6) is 1.01. The number of hydrogen-bond acceptors (Lipinski definition) is 3. The second-order valence-corrected chi connectivity index (χ2v) is 4.56. The van der Waals surface area contributed by atoms with E-state index in [1.807, 2.05) is 0 Å². The Kier molecular flexibility index (Phi) is 5.14. The van der Waals surface area contributed by atoms with Crippen LogP contribution in [0, 0.1) is 0 Å². The molecular formula is C10H22N2S. The molecule has 1 aliphatic heterocycles. The molecule has 0 aromatic rings. The third kappa shape index (κ3) is 3.88. The molecular weight excluding hydrogens is 180 g/mol. The van der Waals surface area contributed by atoms with E-state index in [-0.39, 0.29) is 0 Å². The molecule has 0 radical (unpaired) electrons. The minimum atomic E-state index is 0.777. The van der Waals surface area contributed by atoms with Crippen molar-refractivity contribution in [2.45, 2.75) is 25.3 Å². The Bertz CT molecular complexity index is 141. The van der Waals surface area contributed by atoms with Crippen LogP contribution in [-0.2, 0) is 0 Å². The van der Waals surface area contributed by atoms with E-state index in [0.29, 0.717) is 0 Å². The molecule has 1 atom stereocenters. The first-order valence-electron chi connectivity index (χ1n) is 5.23. The van der Waals surface area contributed by atoms with Crippen LogP contribution in [-0.4, -0.2) is 55.3 Å². The average Bonchev–Trinajstić information content (AvgIpc) is 2.14. The summed E-state index contributed by atoms with van der Waals surface area (Å²) >= 11 is 4.24. The minimum Gasteiger partial charge on any atom is -0.305 e. The monoisotopic (exact) mass is 202 g/mol. The zero-order valence-corrected chi connectivity index (χ0v) is 9.76. The van der Waals surface area contributed by atoms with Gasteiger partial charge in [0.1, 0.15) is 0 Å². The highest BCUT2D eigenvalue weighted by Gasteiger charge is 2.20. The van der Waals surface area contributed by atoms with E-state index in [2.05, 4.69) is 36.5 Å². The average molecular weight is 202 g/mol. The molecule has 0 N–H and O–H groups in total. The van der Waals surface area contributed by atoms with Crippen molar-refractivity contribution in [1.82, 2.24) is 9.80 Å². The lowest BCUT2D eigenvalue weighted by atomic mass is 10.1. The fourth-order valence-corrected chi connectivity index (χ4v) is 2.14. The Morgan fingerprint density at radius 2 is 2.31 bits per heavy atom. The van der Waals surface area contributed by atoms with E-state index in [1.165, 1.54) is 38.9 Å². The first-order chi connectivity index (χ1) is 6.24. The molecule has 0 bridgehead atoms. The Morgan fingerprint density at radius 3 is 2.92 bits per heavy atom. The summed E-state index contributed by atoms with van der Waals surface area (Å²) in [4.78, 5) is 4.93. The van der Waals surface area contributed by atoms with Crippen molar-refractivity contribution in [3.8, 4) is 0 Å². The van der Waals surface area contributed by atoms with Gasteiger partial charge in [0.05, 0.1) is 0 Å². The van der Waals surface area contributed by atoms with Gasteiger partial charge >= 0.3 is 0 Å². The van der Waals surface area contributed by atoms with Crippen molar-refractivity contribution in [3.05, 3.63) is 0 Å². The largest absolute Gasteiger partial charge is 0.305 e. The Hall–Kier alpha value is 0.270. The van der Waals surface area contributed by atoms with Gasteiger partial charge in [-0.2, -0.15) is 12.6 Å². The van der Waals surface area contributed by atoms with E-state index in [4.69, 9.17) is 0 Å². The molecule has 1 unspecified atom stereocenters. The van der Waals surface area contributed by atoms with E-state index in [1.54, 1.807) is 0 Å². The van der Waals surface area contributed by atoms with Gasteiger partial charge in [-0.15, -0.1) is 0 Å². The summed E-state index contributed by atoms with van der Waals surface area (Å²) < 4.78 is 0. The molecule has 0 spiro atoms. The van der Waals surface area contributed by atoms with Crippen molar-refractivity contribution in [1.29, 1.82) is 0 Å². The first kappa shape index (κ1) is 11.3. The van der Waals surface area contributed by atoms with Crippen LogP contribution < -0.4 is 0 Å². The van der Waals surface area contributed by atoms with Crippen LogP contribution >= 0.6 is 12.6 Å². The number of piperidine rings is 1. The maximum Gasteiger partial charge on any atom is 0.0220 e. The quantitative estimate of drug-likeness (QED) is 0.687.